The fourth-order valence-corrected chi connectivity index (χ4v) is 3.31. The van der Waals surface area contributed by atoms with Crippen LogP contribution in [0.1, 0.15) is 12.0 Å². The number of sulfonamides is 1. The molecule has 1 aliphatic rings. The lowest BCUT2D eigenvalue weighted by Gasteiger charge is -2.09. The highest BCUT2D eigenvalue weighted by atomic mass is 32.2. The number of aryl methyl sites for hydroxylation is 1. The van der Waals surface area contributed by atoms with E-state index in [2.05, 4.69) is 4.72 Å². The molecular formula is C16H14NO6S-. The van der Waals surface area contributed by atoms with Gasteiger partial charge in [-0.25, -0.2) is 8.42 Å². The molecule has 1 aliphatic heterocycles. The number of ether oxygens (including phenoxy) is 2. The van der Waals surface area contributed by atoms with E-state index in [1.165, 1.54) is 12.1 Å². The second-order valence-corrected chi connectivity index (χ2v) is 6.87. The Morgan fingerprint density at radius 3 is 2.50 bits per heavy atom. The van der Waals surface area contributed by atoms with E-state index < -0.39 is 16.0 Å². The second-order valence-electron chi connectivity index (χ2n) is 5.19. The summed E-state index contributed by atoms with van der Waals surface area (Å²) in [6, 6.07) is 10.8. The van der Waals surface area contributed by atoms with Gasteiger partial charge in [0.1, 0.15) is 0 Å². The maximum absolute atomic E-state index is 12.4. The first-order valence-electron chi connectivity index (χ1n) is 7.15. The van der Waals surface area contributed by atoms with Gasteiger partial charge in [-0.05, 0) is 42.7 Å². The Balaban J connectivity index is 1.74. The van der Waals surface area contributed by atoms with E-state index in [4.69, 9.17) is 9.47 Å². The predicted molar refractivity (Wildman–Crippen MR) is 83.1 cm³/mol. The van der Waals surface area contributed by atoms with Gasteiger partial charge in [-0.15, -0.1) is 0 Å². The molecule has 0 fully saturated rings. The molecule has 0 bridgehead atoms. The van der Waals surface area contributed by atoms with Crippen molar-refractivity contribution in [1.29, 1.82) is 0 Å². The molecule has 2 aromatic carbocycles. The number of carboxylic acids is 1. The van der Waals surface area contributed by atoms with Crippen LogP contribution < -0.4 is 19.3 Å². The van der Waals surface area contributed by atoms with Crippen molar-refractivity contribution < 1.29 is 27.8 Å². The standard InChI is InChI=1S/C16H15NO6S/c18-16(19)8-3-11-1-5-13(6-2-11)24(20,21)17-12-4-7-14-15(9-12)23-10-22-14/h1-2,4-7,9,17H,3,8,10H2,(H,18,19)/p-1. The van der Waals surface area contributed by atoms with Crippen LogP contribution in [0.4, 0.5) is 5.69 Å². The Hall–Kier alpha value is -2.74. The van der Waals surface area contributed by atoms with Crippen LogP contribution in [0.15, 0.2) is 47.4 Å². The zero-order valence-electron chi connectivity index (χ0n) is 12.5. The Kier molecular flexibility index (Phi) is 4.30. The molecule has 0 saturated heterocycles. The van der Waals surface area contributed by atoms with Crippen LogP contribution in [0.2, 0.25) is 0 Å². The predicted octanol–water partition coefficient (Wildman–Crippen LogP) is 0.899. The number of anilines is 1. The molecule has 1 heterocycles. The van der Waals surface area contributed by atoms with Crippen LogP contribution >= 0.6 is 0 Å². The minimum absolute atomic E-state index is 0.0809. The Morgan fingerprint density at radius 2 is 1.79 bits per heavy atom. The number of hydrogen-bond donors (Lipinski definition) is 1. The van der Waals surface area contributed by atoms with E-state index in [0.717, 1.165) is 5.56 Å². The monoisotopic (exact) mass is 348 g/mol. The first-order valence-corrected chi connectivity index (χ1v) is 8.64. The summed E-state index contributed by atoms with van der Waals surface area (Å²) in [7, 11) is -3.75. The fraction of sp³-hybridized carbons (Fsp3) is 0.188. The van der Waals surface area contributed by atoms with Crippen LogP contribution in [0.3, 0.4) is 0 Å². The molecule has 126 valence electrons. The number of nitrogens with one attached hydrogen (secondary N) is 1. The van der Waals surface area contributed by atoms with Gasteiger partial charge in [0.15, 0.2) is 11.5 Å². The molecule has 0 amide bonds. The van der Waals surface area contributed by atoms with Gasteiger partial charge in [-0.3, -0.25) is 4.72 Å². The van der Waals surface area contributed by atoms with E-state index in [0.29, 0.717) is 17.2 Å². The van der Waals surface area contributed by atoms with Crippen molar-refractivity contribution in [2.45, 2.75) is 17.7 Å². The minimum atomic E-state index is -3.75. The summed E-state index contributed by atoms with van der Waals surface area (Å²) >= 11 is 0. The molecule has 2 aromatic rings. The molecular weight excluding hydrogens is 334 g/mol. The van der Waals surface area contributed by atoms with Gasteiger partial charge in [-0.1, -0.05) is 12.1 Å². The molecule has 7 nitrogen and oxygen atoms in total. The van der Waals surface area contributed by atoms with Crippen molar-refractivity contribution in [1.82, 2.24) is 0 Å². The maximum Gasteiger partial charge on any atom is 0.261 e. The summed E-state index contributed by atoms with van der Waals surface area (Å²) in [5.74, 6) is -0.0979. The summed E-state index contributed by atoms with van der Waals surface area (Å²) in [6.07, 6.45) is 0.180. The third-order valence-corrected chi connectivity index (χ3v) is 4.87. The van der Waals surface area contributed by atoms with Crippen molar-refractivity contribution in [2.75, 3.05) is 11.5 Å². The van der Waals surface area contributed by atoms with Gasteiger partial charge in [0.2, 0.25) is 6.79 Å². The van der Waals surface area contributed by atoms with Gasteiger partial charge in [0.25, 0.3) is 10.0 Å². The average molecular weight is 348 g/mol. The lowest BCUT2D eigenvalue weighted by atomic mass is 10.1. The Bertz CT molecular complexity index is 861. The number of aliphatic carboxylic acids is 1. The van der Waals surface area contributed by atoms with E-state index in [9.17, 15) is 18.3 Å². The van der Waals surface area contributed by atoms with Crippen LogP contribution in [0, 0.1) is 0 Å². The van der Waals surface area contributed by atoms with Crippen molar-refractivity contribution in [3.8, 4) is 11.5 Å². The smallest absolute Gasteiger partial charge is 0.261 e. The zero-order chi connectivity index (χ0) is 17.2. The van der Waals surface area contributed by atoms with E-state index in [1.807, 2.05) is 0 Å². The van der Waals surface area contributed by atoms with Crippen LogP contribution in [-0.4, -0.2) is 21.2 Å². The highest BCUT2D eigenvalue weighted by molar-refractivity contribution is 7.92. The molecule has 0 aliphatic carbocycles. The van der Waals surface area contributed by atoms with E-state index in [1.54, 1.807) is 30.3 Å². The summed E-state index contributed by atoms with van der Waals surface area (Å²) in [5.41, 5.74) is 1.08. The molecule has 0 aromatic heterocycles. The Morgan fingerprint density at radius 1 is 1.08 bits per heavy atom. The molecule has 0 unspecified atom stereocenters. The third-order valence-electron chi connectivity index (χ3n) is 3.48. The highest BCUT2D eigenvalue weighted by Crippen LogP contribution is 2.34. The Labute approximate surface area is 138 Å². The summed E-state index contributed by atoms with van der Waals surface area (Å²) < 4.78 is 37.6. The average Bonchev–Trinajstić information content (AvgIpc) is 3.00. The number of fused-ring (bicyclic) bond motifs is 1. The van der Waals surface area contributed by atoms with Crippen LogP contribution in [-0.2, 0) is 21.2 Å². The number of carbonyl (C=O) groups excluding carboxylic acids is 1. The topological polar surface area (TPSA) is 105 Å². The quantitative estimate of drug-likeness (QED) is 0.831. The van der Waals surface area contributed by atoms with Crippen molar-refractivity contribution in [3.63, 3.8) is 0 Å². The first kappa shape index (κ1) is 16.1. The molecule has 0 spiro atoms. The summed E-state index contributed by atoms with van der Waals surface area (Å²) in [4.78, 5) is 10.5. The molecule has 0 saturated carbocycles. The normalized spacial score (nSPS) is 12.8. The van der Waals surface area contributed by atoms with Crippen LogP contribution in [0.25, 0.3) is 0 Å². The van der Waals surface area contributed by atoms with Gasteiger partial charge in [0, 0.05) is 12.0 Å². The van der Waals surface area contributed by atoms with Gasteiger partial charge >= 0.3 is 0 Å². The van der Waals surface area contributed by atoms with Gasteiger partial charge in [0.05, 0.1) is 10.6 Å². The summed E-state index contributed by atoms with van der Waals surface area (Å²) in [6.45, 7) is 0.110. The maximum atomic E-state index is 12.4. The highest BCUT2D eigenvalue weighted by Gasteiger charge is 2.18. The third kappa shape index (κ3) is 3.60. The second kappa shape index (κ2) is 6.40. The van der Waals surface area contributed by atoms with Crippen molar-refractivity contribution in [3.05, 3.63) is 48.0 Å². The van der Waals surface area contributed by atoms with Gasteiger partial charge < -0.3 is 19.4 Å². The SMILES string of the molecule is O=C([O-])CCc1ccc(S(=O)(=O)Nc2ccc3c(c2)OCO3)cc1. The van der Waals surface area contributed by atoms with E-state index in [-0.39, 0.29) is 24.5 Å². The molecule has 8 heteroatoms. The lowest BCUT2D eigenvalue weighted by molar-refractivity contribution is -0.305. The molecule has 3 rings (SSSR count). The lowest BCUT2D eigenvalue weighted by Crippen LogP contribution is -2.22. The van der Waals surface area contributed by atoms with Gasteiger partial charge in [-0.2, -0.15) is 0 Å². The van der Waals surface area contributed by atoms with Crippen molar-refractivity contribution >= 4 is 21.7 Å². The molecule has 0 radical (unpaired) electrons. The number of carboxylic acid groups (broad SMARTS) is 1. The fourth-order valence-electron chi connectivity index (χ4n) is 2.26. The largest absolute Gasteiger partial charge is 0.550 e. The first-order chi connectivity index (χ1) is 11.4. The van der Waals surface area contributed by atoms with E-state index >= 15 is 0 Å². The number of benzene rings is 2. The van der Waals surface area contributed by atoms with Crippen LogP contribution in [0.5, 0.6) is 11.5 Å². The zero-order valence-corrected chi connectivity index (χ0v) is 13.3. The number of rotatable bonds is 6. The number of carbonyl (C=O) groups is 1. The molecule has 0 atom stereocenters. The molecule has 1 N–H and O–H groups in total. The number of hydrogen-bond acceptors (Lipinski definition) is 6. The minimum Gasteiger partial charge on any atom is -0.550 e. The van der Waals surface area contributed by atoms with Crippen molar-refractivity contribution in [2.24, 2.45) is 0 Å². The summed E-state index contributed by atoms with van der Waals surface area (Å²) in [5, 5.41) is 10.4. The molecule has 24 heavy (non-hydrogen) atoms.